The van der Waals surface area contributed by atoms with Gasteiger partial charge in [0.1, 0.15) is 0 Å². The Morgan fingerprint density at radius 2 is 2.04 bits per heavy atom. The number of methoxy groups -OCH3 is 1. The van der Waals surface area contributed by atoms with Gasteiger partial charge in [-0.2, -0.15) is 0 Å². The summed E-state index contributed by atoms with van der Waals surface area (Å²) in [6.07, 6.45) is 2.28. The summed E-state index contributed by atoms with van der Waals surface area (Å²) in [7, 11) is 1.58. The molecule has 0 aliphatic carbocycles. The highest BCUT2D eigenvalue weighted by Gasteiger charge is 2.12. The van der Waals surface area contributed by atoms with Gasteiger partial charge in [0.15, 0.2) is 11.5 Å². The zero-order valence-electron chi connectivity index (χ0n) is 14.0. The van der Waals surface area contributed by atoms with Crippen LogP contribution in [0.1, 0.15) is 38.2 Å². The molecule has 0 radical (unpaired) electrons. The molecule has 0 spiro atoms. The van der Waals surface area contributed by atoms with Crippen molar-refractivity contribution in [3.05, 3.63) is 22.2 Å². The smallest absolute Gasteiger partial charge is 0.220 e. The number of carboxylic acids is 1. The predicted octanol–water partition coefficient (Wildman–Crippen LogP) is 1.83. The van der Waals surface area contributed by atoms with Gasteiger partial charge in [-0.25, -0.2) is 0 Å². The second-order valence-corrected chi connectivity index (χ2v) is 6.14. The Morgan fingerprint density at radius 3 is 2.67 bits per heavy atom. The first-order valence-electron chi connectivity index (χ1n) is 7.93. The van der Waals surface area contributed by atoms with E-state index in [0.717, 1.165) is 22.9 Å². The lowest BCUT2D eigenvalue weighted by Crippen LogP contribution is -2.29. The second-order valence-electron chi connectivity index (χ2n) is 5.28. The van der Waals surface area contributed by atoms with E-state index in [-0.39, 0.29) is 18.7 Å². The largest absolute Gasteiger partial charge is 0.550 e. The van der Waals surface area contributed by atoms with Crippen molar-refractivity contribution in [3.8, 4) is 11.5 Å². The van der Waals surface area contributed by atoms with Crippen LogP contribution >= 0.6 is 15.9 Å². The number of aliphatic carboxylic acids is 1. The van der Waals surface area contributed by atoms with Crippen molar-refractivity contribution in [2.24, 2.45) is 0 Å². The molecule has 0 atom stereocenters. The Bertz CT molecular complexity index is 562. The lowest BCUT2D eigenvalue weighted by atomic mass is 10.1. The van der Waals surface area contributed by atoms with Crippen LogP contribution in [0.3, 0.4) is 0 Å². The highest BCUT2D eigenvalue weighted by Crippen LogP contribution is 2.36. The van der Waals surface area contributed by atoms with Crippen molar-refractivity contribution in [1.29, 1.82) is 0 Å². The third-order valence-corrected chi connectivity index (χ3v) is 3.91. The minimum atomic E-state index is -1.22. The summed E-state index contributed by atoms with van der Waals surface area (Å²) in [5.74, 6) is -0.214. The van der Waals surface area contributed by atoms with E-state index in [9.17, 15) is 14.7 Å². The average molecular weight is 401 g/mol. The van der Waals surface area contributed by atoms with Crippen LogP contribution in [0, 0.1) is 0 Å². The Morgan fingerprint density at radius 1 is 1.29 bits per heavy atom. The van der Waals surface area contributed by atoms with E-state index in [1.807, 2.05) is 12.1 Å². The summed E-state index contributed by atoms with van der Waals surface area (Å²) < 4.78 is 11.9. The predicted molar refractivity (Wildman–Crippen MR) is 92.1 cm³/mol. The molecule has 0 heterocycles. The van der Waals surface area contributed by atoms with Crippen LogP contribution in [0.15, 0.2) is 16.6 Å². The van der Waals surface area contributed by atoms with Crippen molar-refractivity contribution in [1.82, 2.24) is 5.32 Å². The molecule has 0 aromatic heterocycles. The minimum absolute atomic E-state index is 0.0699. The zero-order chi connectivity index (χ0) is 17.9. The molecule has 1 amide bonds. The molecular formula is C17H23BrNO5-. The normalized spacial score (nSPS) is 10.3. The average Bonchev–Trinajstić information content (AvgIpc) is 2.54. The van der Waals surface area contributed by atoms with E-state index >= 15 is 0 Å². The maximum absolute atomic E-state index is 11.5. The van der Waals surface area contributed by atoms with Gasteiger partial charge < -0.3 is 24.7 Å². The molecule has 1 aromatic carbocycles. The van der Waals surface area contributed by atoms with Gasteiger partial charge in [-0.15, -0.1) is 0 Å². The van der Waals surface area contributed by atoms with E-state index in [4.69, 9.17) is 9.47 Å². The van der Waals surface area contributed by atoms with Crippen LogP contribution in [0.5, 0.6) is 11.5 Å². The fraction of sp³-hybridized carbons (Fsp3) is 0.529. The van der Waals surface area contributed by atoms with Crippen molar-refractivity contribution in [2.75, 3.05) is 20.3 Å². The fourth-order valence-electron chi connectivity index (χ4n) is 2.03. The summed E-state index contributed by atoms with van der Waals surface area (Å²) in [6, 6.07) is 3.80. The number of rotatable bonds is 11. The Hall–Kier alpha value is -1.76. The van der Waals surface area contributed by atoms with E-state index in [1.165, 1.54) is 0 Å². The standard InChI is InChI=1S/C17H24BrNO5/c1-3-4-9-24-17-13(18)10-12(11-14(17)23-2)7-8-19-15(20)5-6-16(21)22/h10-11H,3-9H2,1-2H3,(H,19,20)(H,21,22)/p-1. The summed E-state index contributed by atoms with van der Waals surface area (Å²) in [6.45, 7) is 3.14. The second kappa shape index (κ2) is 10.9. The minimum Gasteiger partial charge on any atom is -0.550 e. The first kappa shape index (κ1) is 20.3. The van der Waals surface area contributed by atoms with Crippen molar-refractivity contribution in [2.45, 2.75) is 39.0 Å². The van der Waals surface area contributed by atoms with Crippen LogP contribution in [0.25, 0.3) is 0 Å². The number of carboxylic acid groups (broad SMARTS) is 1. The zero-order valence-corrected chi connectivity index (χ0v) is 15.6. The molecule has 0 unspecified atom stereocenters. The van der Waals surface area contributed by atoms with Crippen LogP contribution in [-0.2, 0) is 16.0 Å². The Balaban J connectivity index is 2.58. The van der Waals surface area contributed by atoms with Crippen LogP contribution in [0.4, 0.5) is 0 Å². The Kier molecular flexibility index (Phi) is 9.22. The number of ether oxygens (including phenoxy) is 2. The molecular weight excluding hydrogens is 378 g/mol. The summed E-state index contributed by atoms with van der Waals surface area (Å²) in [5.41, 5.74) is 0.974. The first-order chi connectivity index (χ1) is 11.5. The molecule has 0 aliphatic heterocycles. The Labute approximate surface area is 150 Å². The lowest BCUT2D eigenvalue weighted by Gasteiger charge is -2.14. The van der Waals surface area contributed by atoms with Crippen molar-refractivity contribution >= 4 is 27.8 Å². The van der Waals surface area contributed by atoms with Gasteiger partial charge in [0.2, 0.25) is 5.91 Å². The summed E-state index contributed by atoms with van der Waals surface area (Å²) in [5, 5.41) is 13.0. The topological polar surface area (TPSA) is 87.7 Å². The van der Waals surface area contributed by atoms with Gasteiger partial charge in [0.25, 0.3) is 0 Å². The quantitative estimate of drug-likeness (QED) is 0.572. The van der Waals surface area contributed by atoms with Gasteiger partial charge in [-0.05, 0) is 52.9 Å². The fourth-order valence-corrected chi connectivity index (χ4v) is 2.63. The van der Waals surface area contributed by atoms with Gasteiger partial charge in [-0.3, -0.25) is 4.79 Å². The van der Waals surface area contributed by atoms with E-state index in [2.05, 4.69) is 28.2 Å². The van der Waals surface area contributed by atoms with Crippen LogP contribution in [-0.4, -0.2) is 32.1 Å². The van der Waals surface area contributed by atoms with E-state index < -0.39 is 5.97 Å². The molecule has 1 rings (SSSR count). The number of halogens is 1. The molecule has 0 saturated heterocycles. The molecule has 0 bridgehead atoms. The van der Waals surface area contributed by atoms with Gasteiger partial charge in [0.05, 0.1) is 18.2 Å². The number of benzene rings is 1. The van der Waals surface area contributed by atoms with Crippen LogP contribution in [0.2, 0.25) is 0 Å². The van der Waals surface area contributed by atoms with Crippen molar-refractivity contribution in [3.63, 3.8) is 0 Å². The molecule has 134 valence electrons. The number of carbonyl (C=O) groups is 2. The number of hydrogen-bond donors (Lipinski definition) is 1. The first-order valence-corrected chi connectivity index (χ1v) is 8.73. The molecule has 0 fully saturated rings. The summed E-state index contributed by atoms with van der Waals surface area (Å²) in [4.78, 5) is 21.8. The molecule has 1 aromatic rings. The van der Waals surface area contributed by atoms with Crippen LogP contribution < -0.4 is 19.9 Å². The lowest BCUT2D eigenvalue weighted by molar-refractivity contribution is -0.305. The monoisotopic (exact) mass is 400 g/mol. The molecule has 6 nitrogen and oxygen atoms in total. The number of hydrogen-bond acceptors (Lipinski definition) is 5. The third-order valence-electron chi connectivity index (χ3n) is 3.33. The van der Waals surface area contributed by atoms with Gasteiger partial charge in [-0.1, -0.05) is 13.3 Å². The maximum Gasteiger partial charge on any atom is 0.220 e. The van der Waals surface area contributed by atoms with E-state index in [0.29, 0.717) is 31.1 Å². The molecule has 1 N–H and O–H groups in total. The highest BCUT2D eigenvalue weighted by atomic mass is 79.9. The number of carbonyl (C=O) groups excluding carboxylic acids is 2. The highest BCUT2D eigenvalue weighted by molar-refractivity contribution is 9.10. The van der Waals surface area contributed by atoms with E-state index in [1.54, 1.807) is 7.11 Å². The molecule has 0 saturated carbocycles. The maximum atomic E-state index is 11.5. The summed E-state index contributed by atoms with van der Waals surface area (Å²) >= 11 is 3.49. The molecule has 24 heavy (non-hydrogen) atoms. The van der Waals surface area contributed by atoms with Gasteiger partial charge in [0, 0.05) is 18.9 Å². The molecule has 7 heteroatoms. The van der Waals surface area contributed by atoms with Gasteiger partial charge >= 0.3 is 0 Å². The molecule has 0 aliphatic rings. The third kappa shape index (κ3) is 7.21. The number of unbranched alkanes of at least 4 members (excludes halogenated alkanes) is 1. The number of amides is 1. The van der Waals surface area contributed by atoms with Crippen molar-refractivity contribution < 1.29 is 24.2 Å². The SMILES string of the molecule is CCCCOc1c(Br)cc(CCNC(=O)CCC(=O)[O-])cc1OC. The number of nitrogens with one attached hydrogen (secondary N) is 1.